The van der Waals surface area contributed by atoms with E-state index in [1.54, 1.807) is 0 Å². The second-order valence-electron chi connectivity index (χ2n) is 5.19. The lowest BCUT2D eigenvalue weighted by Gasteiger charge is -2.08. The normalized spacial score (nSPS) is 12.2. The second kappa shape index (κ2) is 7.06. The van der Waals surface area contributed by atoms with Gasteiger partial charge in [0.2, 0.25) is 0 Å². The van der Waals surface area contributed by atoms with Gasteiger partial charge in [-0.25, -0.2) is 0 Å². The number of ether oxygens (including phenoxy) is 1. The summed E-state index contributed by atoms with van der Waals surface area (Å²) in [6.45, 7) is 4.36. The Kier molecular flexibility index (Phi) is 5.13. The first-order valence-corrected chi connectivity index (χ1v) is 6.94. The Morgan fingerprint density at radius 1 is 1.15 bits per heavy atom. The molecular weight excluding hydrogens is 250 g/mol. The molecule has 1 N–H and O–H groups in total. The summed E-state index contributed by atoms with van der Waals surface area (Å²) >= 11 is 0. The molecule has 20 heavy (non-hydrogen) atoms. The SMILES string of the molecule is Cc1cncc(COc2ccc(CCC(C)O)cc2)c1. The van der Waals surface area contributed by atoms with Crippen LogP contribution in [-0.4, -0.2) is 16.2 Å². The van der Waals surface area contributed by atoms with Crippen molar-refractivity contribution in [2.45, 2.75) is 39.4 Å². The van der Waals surface area contributed by atoms with Gasteiger partial charge in [-0.2, -0.15) is 0 Å². The average molecular weight is 271 g/mol. The van der Waals surface area contributed by atoms with Crippen molar-refractivity contribution in [3.05, 3.63) is 59.4 Å². The number of benzene rings is 1. The van der Waals surface area contributed by atoms with Crippen molar-refractivity contribution in [2.24, 2.45) is 0 Å². The molecule has 0 saturated heterocycles. The second-order valence-corrected chi connectivity index (χ2v) is 5.19. The number of hydrogen-bond acceptors (Lipinski definition) is 3. The summed E-state index contributed by atoms with van der Waals surface area (Å²) in [5.74, 6) is 0.854. The summed E-state index contributed by atoms with van der Waals surface area (Å²) in [6.07, 6.45) is 5.08. The molecule has 1 atom stereocenters. The van der Waals surface area contributed by atoms with Gasteiger partial charge in [-0.1, -0.05) is 12.1 Å². The molecule has 0 radical (unpaired) electrons. The summed E-state index contributed by atoms with van der Waals surface area (Å²) < 4.78 is 5.74. The maximum absolute atomic E-state index is 9.27. The predicted molar refractivity (Wildman–Crippen MR) is 79.7 cm³/mol. The quantitative estimate of drug-likeness (QED) is 0.876. The first kappa shape index (κ1) is 14.5. The Hall–Kier alpha value is -1.87. The van der Waals surface area contributed by atoms with Gasteiger partial charge in [0, 0.05) is 18.0 Å². The molecule has 106 valence electrons. The van der Waals surface area contributed by atoms with Gasteiger partial charge in [0.1, 0.15) is 12.4 Å². The zero-order valence-corrected chi connectivity index (χ0v) is 12.0. The Labute approximate surface area is 120 Å². The fraction of sp³-hybridized carbons (Fsp3) is 0.353. The number of nitrogens with zero attached hydrogens (tertiary/aromatic N) is 1. The summed E-state index contributed by atoms with van der Waals surface area (Å²) in [5, 5.41) is 9.27. The van der Waals surface area contributed by atoms with Crippen molar-refractivity contribution in [1.29, 1.82) is 0 Å². The van der Waals surface area contributed by atoms with E-state index in [0.29, 0.717) is 6.61 Å². The van der Waals surface area contributed by atoms with Gasteiger partial charge in [0.15, 0.2) is 0 Å². The molecule has 1 aromatic carbocycles. The van der Waals surface area contributed by atoms with Crippen LogP contribution < -0.4 is 4.74 Å². The average Bonchev–Trinajstić information content (AvgIpc) is 2.44. The zero-order chi connectivity index (χ0) is 14.4. The number of aliphatic hydroxyl groups excluding tert-OH is 1. The lowest BCUT2D eigenvalue weighted by Crippen LogP contribution is -2.01. The third-order valence-corrected chi connectivity index (χ3v) is 3.11. The van der Waals surface area contributed by atoms with Crippen molar-refractivity contribution >= 4 is 0 Å². The van der Waals surface area contributed by atoms with Crippen LogP contribution in [0.2, 0.25) is 0 Å². The Morgan fingerprint density at radius 2 is 1.90 bits per heavy atom. The molecule has 3 nitrogen and oxygen atoms in total. The molecule has 0 bridgehead atoms. The first-order valence-electron chi connectivity index (χ1n) is 6.94. The van der Waals surface area contributed by atoms with Gasteiger partial charge in [-0.3, -0.25) is 4.98 Å². The molecule has 0 saturated carbocycles. The van der Waals surface area contributed by atoms with Crippen LogP contribution in [0, 0.1) is 6.92 Å². The van der Waals surface area contributed by atoms with Gasteiger partial charge in [-0.05, 0) is 56.0 Å². The summed E-state index contributed by atoms with van der Waals surface area (Å²) in [6, 6.07) is 10.1. The molecule has 1 heterocycles. The molecule has 1 aromatic heterocycles. The van der Waals surface area contributed by atoms with E-state index in [2.05, 4.69) is 11.1 Å². The van der Waals surface area contributed by atoms with E-state index in [9.17, 15) is 5.11 Å². The lowest BCUT2D eigenvalue weighted by molar-refractivity contribution is 0.185. The molecule has 0 aliphatic carbocycles. The molecule has 1 unspecified atom stereocenters. The molecule has 0 aliphatic rings. The highest BCUT2D eigenvalue weighted by Crippen LogP contribution is 2.15. The highest BCUT2D eigenvalue weighted by Gasteiger charge is 2.00. The highest BCUT2D eigenvalue weighted by molar-refractivity contribution is 5.28. The van der Waals surface area contributed by atoms with Gasteiger partial charge in [0.05, 0.1) is 6.10 Å². The third kappa shape index (κ3) is 4.67. The van der Waals surface area contributed by atoms with Crippen LogP contribution in [0.25, 0.3) is 0 Å². The van der Waals surface area contributed by atoms with Crippen LogP contribution in [-0.2, 0) is 13.0 Å². The van der Waals surface area contributed by atoms with Crippen molar-refractivity contribution in [3.8, 4) is 5.75 Å². The zero-order valence-electron chi connectivity index (χ0n) is 12.0. The van der Waals surface area contributed by atoms with Crippen molar-refractivity contribution in [1.82, 2.24) is 4.98 Å². The van der Waals surface area contributed by atoms with E-state index in [-0.39, 0.29) is 6.10 Å². The topological polar surface area (TPSA) is 42.4 Å². The van der Waals surface area contributed by atoms with E-state index in [0.717, 1.165) is 29.7 Å². The highest BCUT2D eigenvalue weighted by atomic mass is 16.5. The Balaban J connectivity index is 1.87. The summed E-state index contributed by atoms with van der Waals surface area (Å²) in [5.41, 5.74) is 3.43. The Bertz CT molecular complexity index is 535. The van der Waals surface area contributed by atoms with E-state index in [1.165, 1.54) is 5.56 Å². The molecule has 3 heteroatoms. The molecule has 2 rings (SSSR count). The van der Waals surface area contributed by atoms with Gasteiger partial charge < -0.3 is 9.84 Å². The number of aliphatic hydroxyl groups is 1. The number of aryl methyl sites for hydroxylation is 2. The van der Waals surface area contributed by atoms with Crippen LogP contribution in [0.5, 0.6) is 5.75 Å². The van der Waals surface area contributed by atoms with Crippen LogP contribution in [0.4, 0.5) is 0 Å². The first-order chi connectivity index (χ1) is 9.63. The molecule has 0 aliphatic heterocycles. The standard InChI is InChI=1S/C17H21NO2/c1-13-9-16(11-18-10-13)12-20-17-7-5-15(6-8-17)4-3-14(2)19/h5-11,14,19H,3-4,12H2,1-2H3. The largest absolute Gasteiger partial charge is 0.489 e. The van der Waals surface area contributed by atoms with E-state index >= 15 is 0 Å². The summed E-state index contributed by atoms with van der Waals surface area (Å²) in [7, 11) is 0. The predicted octanol–water partition coefficient (Wildman–Crippen LogP) is 3.28. The number of aromatic nitrogens is 1. The van der Waals surface area contributed by atoms with E-state index in [1.807, 2.05) is 50.5 Å². The third-order valence-electron chi connectivity index (χ3n) is 3.11. The maximum Gasteiger partial charge on any atom is 0.119 e. The van der Waals surface area contributed by atoms with Gasteiger partial charge in [0.25, 0.3) is 0 Å². The molecule has 0 fully saturated rings. The van der Waals surface area contributed by atoms with E-state index in [4.69, 9.17) is 4.74 Å². The molecule has 0 amide bonds. The fourth-order valence-corrected chi connectivity index (χ4v) is 1.99. The minimum atomic E-state index is -0.250. The smallest absolute Gasteiger partial charge is 0.119 e. The van der Waals surface area contributed by atoms with Crippen LogP contribution in [0.1, 0.15) is 30.0 Å². The van der Waals surface area contributed by atoms with Crippen LogP contribution >= 0.6 is 0 Å². The van der Waals surface area contributed by atoms with Crippen molar-refractivity contribution in [2.75, 3.05) is 0 Å². The molecule has 2 aromatic rings. The Morgan fingerprint density at radius 3 is 2.55 bits per heavy atom. The van der Waals surface area contributed by atoms with Crippen molar-refractivity contribution < 1.29 is 9.84 Å². The van der Waals surface area contributed by atoms with Crippen LogP contribution in [0.15, 0.2) is 42.7 Å². The summed E-state index contributed by atoms with van der Waals surface area (Å²) in [4.78, 5) is 4.15. The van der Waals surface area contributed by atoms with Crippen LogP contribution in [0.3, 0.4) is 0 Å². The monoisotopic (exact) mass is 271 g/mol. The molecule has 0 spiro atoms. The molecular formula is C17H21NO2. The lowest BCUT2D eigenvalue weighted by atomic mass is 10.1. The minimum Gasteiger partial charge on any atom is -0.489 e. The number of hydrogen-bond donors (Lipinski definition) is 1. The number of rotatable bonds is 6. The number of pyridine rings is 1. The van der Waals surface area contributed by atoms with Gasteiger partial charge in [-0.15, -0.1) is 0 Å². The maximum atomic E-state index is 9.27. The van der Waals surface area contributed by atoms with Crippen molar-refractivity contribution in [3.63, 3.8) is 0 Å². The van der Waals surface area contributed by atoms with Gasteiger partial charge >= 0.3 is 0 Å². The minimum absolute atomic E-state index is 0.250. The van der Waals surface area contributed by atoms with E-state index < -0.39 is 0 Å². The fourth-order valence-electron chi connectivity index (χ4n) is 1.99.